The van der Waals surface area contributed by atoms with Crippen molar-refractivity contribution >= 4 is 10.9 Å². The zero-order valence-corrected chi connectivity index (χ0v) is 22.1. The predicted molar refractivity (Wildman–Crippen MR) is 156 cm³/mol. The van der Waals surface area contributed by atoms with Crippen LogP contribution in [0.15, 0.2) is 97.3 Å². The third-order valence-electron chi connectivity index (χ3n) is 7.16. The zero-order chi connectivity index (χ0) is 25.5. The van der Waals surface area contributed by atoms with Gasteiger partial charge in [-0.05, 0) is 92.6 Å². The fraction of sp³-hybridized carbons (Fsp3) is 0.265. The quantitative estimate of drug-likeness (QED) is 0.192. The summed E-state index contributed by atoms with van der Waals surface area (Å²) >= 11 is 0. The van der Waals surface area contributed by atoms with E-state index in [1.54, 1.807) is 0 Å². The van der Waals surface area contributed by atoms with Crippen LogP contribution in [0.5, 0.6) is 0 Å². The average molecular weight is 488 g/mol. The molecular weight excluding hydrogens is 450 g/mol. The molecule has 37 heavy (non-hydrogen) atoms. The van der Waals surface area contributed by atoms with Crippen molar-refractivity contribution in [2.24, 2.45) is 0 Å². The first-order valence-corrected chi connectivity index (χ1v) is 13.5. The number of aromatic amines is 1. The minimum absolute atomic E-state index is 0.981. The number of fused-ring (bicyclic) bond motifs is 1. The normalized spacial score (nSPS) is 11.4. The molecule has 3 nitrogen and oxygen atoms in total. The van der Waals surface area contributed by atoms with Crippen LogP contribution in [0.4, 0.5) is 0 Å². The summed E-state index contributed by atoms with van der Waals surface area (Å²) in [5, 5.41) is 1.34. The molecule has 0 aliphatic heterocycles. The van der Waals surface area contributed by atoms with E-state index in [0.717, 1.165) is 32.5 Å². The van der Waals surface area contributed by atoms with E-state index < -0.39 is 0 Å². The van der Waals surface area contributed by atoms with Crippen LogP contribution in [0.1, 0.15) is 40.7 Å². The monoisotopic (exact) mass is 487 g/mol. The minimum Gasteiger partial charge on any atom is -0.354 e. The molecule has 0 fully saturated rings. The molecule has 5 rings (SSSR count). The summed E-state index contributed by atoms with van der Waals surface area (Å²) in [5.74, 6) is 0. The van der Waals surface area contributed by atoms with Crippen LogP contribution in [0.2, 0.25) is 0 Å². The first-order valence-electron chi connectivity index (χ1n) is 13.5. The number of para-hydroxylation sites is 1. The SMILES string of the molecule is Cc1cc(C)cc(-c2[nH]c3ccccc3c2CCN(CCCCc2cccnc2)Cc2ccccc2)c1. The van der Waals surface area contributed by atoms with E-state index in [0.29, 0.717) is 0 Å². The molecule has 0 amide bonds. The summed E-state index contributed by atoms with van der Waals surface area (Å²) in [4.78, 5) is 10.7. The Morgan fingerprint density at radius 3 is 2.27 bits per heavy atom. The summed E-state index contributed by atoms with van der Waals surface area (Å²) in [6.07, 6.45) is 8.31. The van der Waals surface area contributed by atoms with Gasteiger partial charge < -0.3 is 4.98 Å². The Kier molecular flexibility index (Phi) is 8.12. The lowest BCUT2D eigenvalue weighted by Gasteiger charge is -2.23. The van der Waals surface area contributed by atoms with Crippen LogP contribution < -0.4 is 0 Å². The number of H-pyrrole nitrogens is 1. The van der Waals surface area contributed by atoms with Crippen molar-refractivity contribution in [3.63, 3.8) is 0 Å². The van der Waals surface area contributed by atoms with Gasteiger partial charge in [0.05, 0.1) is 0 Å². The molecule has 188 valence electrons. The van der Waals surface area contributed by atoms with Gasteiger partial charge in [0.15, 0.2) is 0 Å². The highest BCUT2D eigenvalue weighted by molar-refractivity contribution is 5.91. The van der Waals surface area contributed by atoms with Crippen molar-refractivity contribution < 1.29 is 0 Å². The van der Waals surface area contributed by atoms with Crippen molar-refractivity contribution in [3.8, 4) is 11.3 Å². The third-order valence-corrected chi connectivity index (χ3v) is 7.16. The molecule has 0 unspecified atom stereocenters. The summed E-state index contributed by atoms with van der Waals surface area (Å²) in [7, 11) is 0. The molecule has 0 saturated heterocycles. The Morgan fingerprint density at radius 1 is 0.730 bits per heavy atom. The van der Waals surface area contributed by atoms with Gasteiger partial charge in [-0.3, -0.25) is 9.88 Å². The first-order chi connectivity index (χ1) is 18.2. The fourth-order valence-electron chi connectivity index (χ4n) is 5.42. The summed E-state index contributed by atoms with van der Waals surface area (Å²) < 4.78 is 0. The lowest BCUT2D eigenvalue weighted by Crippen LogP contribution is -2.27. The second kappa shape index (κ2) is 12.0. The maximum absolute atomic E-state index is 4.27. The number of hydrogen-bond acceptors (Lipinski definition) is 2. The highest BCUT2D eigenvalue weighted by Gasteiger charge is 2.15. The maximum atomic E-state index is 4.27. The number of aromatic nitrogens is 2. The number of nitrogens with zero attached hydrogens (tertiary/aromatic N) is 2. The van der Waals surface area contributed by atoms with Gasteiger partial charge in [0.2, 0.25) is 0 Å². The maximum Gasteiger partial charge on any atom is 0.0498 e. The number of rotatable bonds is 11. The predicted octanol–water partition coefficient (Wildman–Crippen LogP) is 7.91. The van der Waals surface area contributed by atoms with E-state index in [4.69, 9.17) is 0 Å². The van der Waals surface area contributed by atoms with E-state index in [9.17, 15) is 0 Å². The molecule has 0 atom stereocenters. The Bertz CT molecular complexity index is 1400. The highest BCUT2D eigenvalue weighted by Crippen LogP contribution is 2.32. The van der Waals surface area contributed by atoms with Crippen molar-refractivity contribution in [2.75, 3.05) is 13.1 Å². The molecule has 1 N–H and O–H groups in total. The van der Waals surface area contributed by atoms with E-state index >= 15 is 0 Å². The molecule has 3 heteroatoms. The van der Waals surface area contributed by atoms with E-state index in [2.05, 4.69) is 108 Å². The molecule has 2 aromatic heterocycles. The van der Waals surface area contributed by atoms with Crippen molar-refractivity contribution in [1.29, 1.82) is 0 Å². The van der Waals surface area contributed by atoms with E-state index in [1.807, 2.05) is 18.5 Å². The molecule has 3 aromatic carbocycles. The number of unbranched alkanes of at least 4 members (excludes halogenated alkanes) is 1. The van der Waals surface area contributed by atoms with Crippen LogP contribution in [-0.2, 0) is 19.4 Å². The highest BCUT2D eigenvalue weighted by atomic mass is 15.1. The molecule has 5 aromatic rings. The Balaban J connectivity index is 1.35. The summed E-state index contributed by atoms with van der Waals surface area (Å²) in [5.41, 5.74) is 10.5. The van der Waals surface area contributed by atoms with Crippen LogP contribution in [-0.4, -0.2) is 28.0 Å². The standard InChI is InChI=1S/C34H37N3/c1-26-21-27(2)23-30(22-26)34-32(31-15-6-7-16-33(31)36-34)17-20-37(25-29-12-4-3-5-13-29)19-9-8-11-28-14-10-18-35-24-28/h3-7,10,12-16,18,21-24,36H,8-9,11,17,19-20,25H2,1-2H3. The lowest BCUT2D eigenvalue weighted by atomic mass is 9.99. The largest absolute Gasteiger partial charge is 0.354 e. The number of hydrogen-bond donors (Lipinski definition) is 1. The van der Waals surface area contributed by atoms with E-state index in [1.165, 1.54) is 62.8 Å². The molecule has 0 aliphatic rings. The van der Waals surface area contributed by atoms with Crippen LogP contribution in [0.3, 0.4) is 0 Å². The first kappa shape index (κ1) is 25.0. The third kappa shape index (κ3) is 6.55. The second-order valence-corrected chi connectivity index (χ2v) is 10.2. The summed E-state index contributed by atoms with van der Waals surface area (Å²) in [6, 6.07) is 30.7. The average Bonchev–Trinajstić information content (AvgIpc) is 3.29. The van der Waals surface area contributed by atoms with Crippen molar-refractivity contribution in [2.45, 2.75) is 46.1 Å². The fourth-order valence-corrected chi connectivity index (χ4v) is 5.42. The number of benzene rings is 3. The molecule has 0 aliphatic carbocycles. The smallest absolute Gasteiger partial charge is 0.0498 e. The molecule has 0 spiro atoms. The zero-order valence-electron chi connectivity index (χ0n) is 22.1. The number of nitrogens with one attached hydrogen (secondary N) is 1. The summed E-state index contributed by atoms with van der Waals surface area (Å²) in [6.45, 7) is 7.48. The number of pyridine rings is 1. The molecule has 0 bridgehead atoms. The molecule has 0 saturated carbocycles. The molecule has 0 radical (unpaired) electrons. The van der Waals surface area contributed by atoms with Crippen molar-refractivity contribution in [1.82, 2.24) is 14.9 Å². The van der Waals surface area contributed by atoms with Gasteiger partial charge in [-0.25, -0.2) is 0 Å². The van der Waals surface area contributed by atoms with Crippen LogP contribution in [0.25, 0.3) is 22.2 Å². The van der Waals surface area contributed by atoms with Crippen LogP contribution in [0, 0.1) is 13.8 Å². The van der Waals surface area contributed by atoms with Gasteiger partial charge in [-0.15, -0.1) is 0 Å². The minimum atomic E-state index is 0.981. The van der Waals surface area contributed by atoms with Crippen molar-refractivity contribution in [3.05, 3.63) is 125 Å². The Hall–Kier alpha value is -3.69. The van der Waals surface area contributed by atoms with Gasteiger partial charge in [-0.2, -0.15) is 0 Å². The molecular formula is C34H37N3. The van der Waals surface area contributed by atoms with Gasteiger partial charge >= 0.3 is 0 Å². The van der Waals surface area contributed by atoms with Gasteiger partial charge in [-0.1, -0.05) is 71.8 Å². The molecule has 2 heterocycles. The van der Waals surface area contributed by atoms with E-state index in [-0.39, 0.29) is 0 Å². The number of aryl methyl sites for hydroxylation is 3. The Morgan fingerprint density at radius 2 is 1.49 bits per heavy atom. The van der Waals surface area contributed by atoms with Gasteiger partial charge in [0, 0.05) is 42.1 Å². The Labute approximate surface area is 221 Å². The van der Waals surface area contributed by atoms with Gasteiger partial charge in [0.1, 0.15) is 0 Å². The second-order valence-electron chi connectivity index (χ2n) is 10.2. The topological polar surface area (TPSA) is 31.9 Å². The van der Waals surface area contributed by atoms with Gasteiger partial charge in [0.25, 0.3) is 0 Å². The lowest BCUT2D eigenvalue weighted by molar-refractivity contribution is 0.263. The van der Waals surface area contributed by atoms with Crippen LogP contribution >= 0.6 is 0 Å².